The van der Waals surface area contributed by atoms with Gasteiger partial charge in [-0.3, -0.25) is 8.42 Å². The van der Waals surface area contributed by atoms with Gasteiger partial charge in [0.15, 0.2) is 0 Å². The monoisotopic (exact) mass is 637 g/mol. The van der Waals surface area contributed by atoms with Gasteiger partial charge < -0.3 is 19.8 Å². The molecule has 11 heteroatoms. The zero-order valence-corrected chi connectivity index (χ0v) is 21.5. The van der Waals surface area contributed by atoms with Gasteiger partial charge in [-0.25, -0.2) is 0 Å². The van der Waals surface area contributed by atoms with E-state index in [1.165, 1.54) is 38.5 Å². The third kappa shape index (κ3) is 39.0. The molecule has 1 aliphatic rings. The topological polar surface area (TPSA) is 166 Å². The third-order valence-electron chi connectivity index (χ3n) is 3.39. The summed E-state index contributed by atoms with van der Waals surface area (Å²) in [6.07, 6.45) is 8.81. The zero-order chi connectivity index (χ0) is 22.9. The Morgan fingerprint density at radius 2 is 1.03 bits per heavy atom. The Balaban J connectivity index is -0.000000319. The molecule has 0 aromatic rings. The van der Waals surface area contributed by atoms with Crippen LogP contribution in [0.5, 0.6) is 0 Å². The number of carbonyl (C=O) groups is 2. The van der Waals surface area contributed by atoms with E-state index in [9.17, 15) is 28.2 Å². The summed E-state index contributed by atoms with van der Waals surface area (Å²) in [5.41, 5.74) is 10.2. The van der Waals surface area contributed by atoms with Crippen LogP contribution in [-0.2, 0) is 49.8 Å². The Hall–Kier alpha value is -0.152. The van der Waals surface area contributed by atoms with Gasteiger partial charge in [-0.15, -0.1) is 0 Å². The molecule has 0 radical (unpaired) electrons. The van der Waals surface area contributed by atoms with Crippen molar-refractivity contribution in [2.75, 3.05) is 32.9 Å². The molecule has 4 N–H and O–H groups in total. The Morgan fingerprint density at radius 1 is 0.759 bits per heavy atom. The van der Waals surface area contributed by atoms with Crippen LogP contribution in [0.25, 0.3) is 0 Å². The SMILES string of the molecule is C1CCCCC1.CCS(=O)CCC(=O)[O-].CCS(=O)CCC(=O)[O-].N[CH2][Pt+2][CH2]N. The van der Waals surface area contributed by atoms with Crippen molar-refractivity contribution in [1.29, 1.82) is 0 Å². The van der Waals surface area contributed by atoms with Gasteiger partial charge in [0, 0.05) is 56.5 Å². The Bertz CT molecular complexity index is 395. The summed E-state index contributed by atoms with van der Waals surface area (Å²) in [6, 6.07) is 0. The van der Waals surface area contributed by atoms with Gasteiger partial charge in [0.05, 0.1) is 0 Å². The normalized spacial score (nSPS) is 14.6. The van der Waals surface area contributed by atoms with Crippen LogP contribution in [0.2, 0.25) is 0 Å². The van der Waals surface area contributed by atoms with E-state index >= 15 is 0 Å². The van der Waals surface area contributed by atoms with Gasteiger partial charge in [-0.2, -0.15) is 0 Å². The molecule has 1 rings (SSSR count). The van der Waals surface area contributed by atoms with Crippen molar-refractivity contribution >= 4 is 33.5 Å². The maximum absolute atomic E-state index is 10.5. The molecular weight excluding hydrogens is 599 g/mol. The van der Waals surface area contributed by atoms with E-state index in [0.717, 1.165) is 9.87 Å². The van der Waals surface area contributed by atoms with E-state index < -0.39 is 33.5 Å². The van der Waals surface area contributed by atoms with Gasteiger partial charge in [-0.05, 0) is 12.8 Å². The van der Waals surface area contributed by atoms with Crippen LogP contribution in [0.1, 0.15) is 65.2 Å². The number of carboxylic acids is 2. The molecule has 1 aliphatic carbocycles. The molecule has 0 aromatic carbocycles. The van der Waals surface area contributed by atoms with Crippen LogP contribution in [0, 0.1) is 0 Å². The first-order valence-electron chi connectivity index (χ1n) is 9.69. The number of carbonyl (C=O) groups excluding carboxylic acids is 2. The number of nitrogens with two attached hydrogens (primary N) is 2. The van der Waals surface area contributed by atoms with Gasteiger partial charge in [-0.1, -0.05) is 52.4 Å². The van der Waals surface area contributed by atoms with E-state index in [1.807, 2.05) is 0 Å². The standard InChI is InChI=1S/C6H12.2C5H10O3S.2CH4N.Pt/c1-2-4-6-5-3-1;2*1-2-9(8)4-3-5(6)7;2*1-2;/h1-6H2;2*2-4H2,1H3,(H,6,7);2*1-2H2;/q;;;;;+2/p-2. The Kier molecular flexibility index (Phi) is 32.2. The number of hydrogen-bond acceptors (Lipinski definition) is 8. The van der Waals surface area contributed by atoms with Gasteiger partial charge >= 0.3 is 39.9 Å². The average Bonchev–Trinajstić information content (AvgIpc) is 2.73. The quantitative estimate of drug-likeness (QED) is 0.309. The van der Waals surface area contributed by atoms with Crippen LogP contribution in [0.4, 0.5) is 0 Å². The minimum atomic E-state index is -1.13. The molecule has 2 atom stereocenters. The predicted octanol–water partition coefficient (Wildman–Crippen LogP) is -0.968. The number of carboxylic acid groups (broad SMARTS) is 2. The fourth-order valence-corrected chi connectivity index (χ4v) is 3.54. The van der Waals surface area contributed by atoms with Crippen molar-refractivity contribution in [3.63, 3.8) is 0 Å². The summed E-state index contributed by atoms with van der Waals surface area (Å²) >= 11 is 0.179. The van der Waals surface area contributed by atoms with E-state index in [1.54, 1.807) is 13.8 Å². The molecule has 8 nitrogen and oxygen atoms in total. The van der Waals surface area contributed by atoms with Crippen molar-refractivity contribution in [2.45, 2.75) is 65.2 Å². The molecule has 2 unspecified atom stereocenters. The molecule has 0 aliphatic heterocycles. The van der Waals surface area contributed by atoms with Gasteiger partial charge in [0.25, 0.3) is 0 Å². The second-order valence-electron chi connectivity index (χ2n) is 5.65. The summed E-state index contributed by atoms with van der Waals surface area (Å²) in [5.74, 6) is -0.772. The first-order valence-corrected chi connectivity index (χ1v) is 15.9. The van der Waals surface area contributed by atoms with Crippen molar-refractivity contribution in [1.82, 2.24) is 0 Å². The number of rotatable bonds is 10. The summed E-state index contributed by atoms with van der Waals surface area (Å²) in [5, 5.41) is 19.5. The van der Waals surface area contributed by atoms with E-state index in [0.29, 0.717) is 11.5 Å². The number of hydrogen-bond donors (Lipinski definition) is 2. The van der Waals surface area contributed by atoms with E-state index in [-0.39, 0.29) is 42.9 Å². The minimum absolute atomic E-state index is 0.0968. The third-order valence-corrected chi connectivity index (χ3v) is 7.31. The van der Waals surface area contributed by atoms with Crippen LogP contribution in [0.15, 0.2) is 0 Å². The summed E-state index contributed by atoms with van der Waals surface area (Å²) < 4.78 is 21.1. The molecule has 0 heterocycles. The van der Waals surface area contributed by atoms with Crippen LogP contribution in [0.3, 0.4) is 0 Å². The average molecular weight is 638 g/mol. The molecule has 178 valence electrons. The molecule has 0 saturated heterocycles. The molecular formula is C18H38N2O6PtS2. The summed E-state index contributed by atoms with van der Waals surface area (Å²) in [6.45, 7) is 3.51. The Labute approximate surface area is 189 Å². The summed E-state index contributed by atoms with van der Waals surface area (Å²) in [4.78, 5) is 21.2. The molecule has 1 fully saturated rings. The van der Waals surface area contributed by atoms with E-state index in [4.69, 9.17) is 11.5 Å². The fraction of sp³-hybridized carbons (Fsp3) is 0.889. The van der Waals surface area contributed by atoms with Crippen LogP contribution >= 0.6 is 0 Å². The predicted molar refractivity (Wildman–Crippen MR) is 112 cm³/mol. The van der Waals surface area contributed by atoms with Gasteiger partial charge in [0.2, 0.25) is 0 Å². The molecule has 0 aromatic heterocycles. The number of aliphatic carboxylic acids is 2. The Morgan fingerprint density at radius 3 is 1.17 bits per heavy atom. The van der Waals surface area contributed by atoms with Crippen molar-refractivity contribution < 1.29 is 46.8 Å². The second kappa shape index (κ2) is 27.8. The summed E-state index contributed by atoms with van der Waals surface area (Å²) in [7, 11) is -1.94. The molecule has 0 amide bonds. The van der Waals surface area contributed by atoms with Gasteiger partial charge in [0.1, 0.15) is 0 Å². The maximum atomic E-state index is 10.5. The second-order valence-corrected chi connectivity index (χ2v) is 12.4. The zero-order valence-electron chi connectivity index (χ0n) is 17.6. The molecule has 0 bridgehead atoms. The van der Waals surface area contributed by atoms with Crippen LogP contribution in [-0.4, -0.2) is 53.2 Å². The van der Waals surface area contributed by atoms with Crippen molar-refractivity contribution in [3.05, 3.63) is 0 Å². The first-order chi connectivity index (χ1) is 13.7. The van der Waals surface area contributed by atoms with Crippen LogP contribution < -0.4 is 21.7 Å². The molecule has 0 spiro atoms. The molecule has 29 heavy (non-hydrogen) atoms. The molecule has 1 saturated carbocycles. The van der Waals surface area contributed by atoms with E-state index in [2.05, 4.69) is 0 Å². The van der Waals surface area contributed by atoms with Crippen molar-refractivity contribution in [3.8, 4) is 0 Å². The van der Waals surface area contributed by atoms with Crippen molar-refractivity contribution in [2.24, 2.45) is 11.5 Å². The first kappa shape index (κ1) is 33.5. The fourth-order valence-electron chi connectivity index (χ4n) is 1.80.